The van der Waals surface area contributed by atoms with Gasteiger partial charge in [-0.25, -0.2) is 12.8 Å². The van der Waals surface area contributed by atoms with Gasteiger partial charge in [-0.1, -0.05) is 11.6 Å². The summed E-state index contributed by atoms with van der Waals surface area (Å²) < 4.78 is 40.0. The van der Waals surface area contributed by atoms with Crippen LogP contribution in [0.5, 0.6) is 0 Å². The van der Waals surface area contributed by atoms with Gasteiger partial charge in [0.15, 0.2) is 0 Å². The van der Waals surface area contributed by atoms with Crippen LogP contribution in [0.3, 0.4) is 0 Å². The Labute approximate surface area is 125 Å². The maximum Gasteiger partial charge on any atom is 0.271 e. The zero-order valence-corrected chi connectivity index (χ0v) is 12.9. The Hall–Kier alpha value is -1.15. The molecule has 0 unspecified atom stereocenters. The molecule has 4 nitrogen and oxygen atoms in total. The third-order valence-electron chi connectivity index (χ3n) is 2.62. The molecule has 1 aromatic carbocycles. The quantitative estimate of drug-likeness (QED) is 0.902. The van der Waals surface area contributed by atoms with E-state index in [0.717, 1.165) is 27.8 Å². The number of anilines is 1. The third kappa shape index (κ3) is 3.12. The minimum absolute atomic E-state index is 0.143. The summed E-state index contributed by atoms with van der Waals surface area (Å²) in [6, 6.07) is 5.19. The standard InChI is InChI=1S/C12H12ClFN2O2S2/c1-7-4-12(19-11(7)6-15)20(17,18)16-8-2-3-10(14)9(13)5-8/h2-5,16H,6,15H2,1H3. The van der Waals surface area contributed by atoms with E-state index < -0.39 is 15.8 Å². The Kier molecular flexibility index (Phi) is 4.33. The van der Waals surface area contributed by atoms with Crippen molar-refractivity contribution in [1.82, 2.24) is 0 Å². The normalized spacial score (nSPS) is 11.6. The van der Waals surface area contributed by atoms with Crippen LogP contribution in [-0.4, -0.2) is 8.42 Å². The van der Waals surface area contributed by atoms with E-state index in [1.54, 1.807) is 13.0 Å². The summed E-state index contributed by atoms with van der Waals surface area (Å²) in [7, 11) is -3.72. The topological polar surface area (TPSA) is 72.2 Å². The number of aryl methyl sites for hydroxylation is 1. The highest BCUT2D eigenvalue weighted by atomic mass is 35.5. The molecule has 1 heterocycles. The summed E-state index contributed by atoms with van der Waals surface area (Å²) in [5, 5.41) is -0.143. The molecule has 0 fully saturated rings. The van der Waals surface area contributed by atoms with Gasteiger partial charge in [0.25, 0.3) is 10.0 Å². The molecule has 0 aliphatic heterocycles. The van der Waals surface area contributed by atoms with Crippen molar-refractivity contribution in [3.8, 4) is 0 Å². The van der Waals surface area contributed by atoms with Crippen molar-refractivity contribution >= 4 is 38.6 Å². The Bertz CT molecular complexity index is 744. The first-order valence-corrected chi connectivity index (χ1v) is 8.28. The second-order valence-electron chi connectivity index (χ2n) is 4.11. The van der Waals surface area contributed by atoms with E-state index >= 15 is 0 Å². The molecule has 0 saturated carbocycles. The van der Waals surface area contributed by atoms with Crippen LogP contribution < -0.4 is 10.5 Å². The fraction of sp³-hybridized carbons (Fsp3) is 0.167. The number of hydrogen-bond acceptors (Lipinski definition) is 4. The lowest BCUT2D eigenvalue weighted by molar-refractivity contribution is 0.603. The minimum Gasteiger partial charge on any atom is -0.326 e. The number of nitrogens with one attached hydrogen (secondary N) is 1. The van der Waals surface area contributed by atoms with Crippen molar-refractivity contribution in [1.29, 1.82) is 0 Å². The van der Waals surface area contributed by atoms with Gasteiger partial charge in [0.1, 0.15) is 10.0 Å². The van der Waals surface area contributed by atoms with Crippen LogP contribution >= 0.6 is 22.9 Å². The first-order valence-electron chi connectivity index (χ1n) is 5.60. The highest BCUT2D eigenvalue weighted by Gasteiger charge is 2.19. The third-order valence-corrected chi connectivity index (χ3v) is 6.02. The molecule has 0 aliphatic carbocycles. The van der Waals surface area contributed by atoms with Crippen LogP contribution in [0.4, 0.5) is 10.1 Å². The molecule has 0 saturated heterocycles. The average molecular weight is 335 g/mol. The molecule has 8 heteroatoms. The van der Waals surface area contributed by atoms with Crippen LogP contribution in [0.1, 0.15) is 10.4 Å². The van der Waals surface area contributed by atoms with Gasteiger partial charge in [0.05, 0.1) is 10.7 Å². The second kappa shape index (κ2) is 5.69. The van der Waals surface area contributed by atoms with Crippen LogP contribution in [0.25, 0.3) is 0 Å². The van der Waals surface area contributed by atoms with Crippen molar-refractivity contribution in [3.05, 3.63) is 45.5 Å². The fourth-order valence-corrected chi connectivity index (χ4v) is 4.29. The Morgan fingerprint density at radius 1 is 1.40 bits per heavy atom. The minimum atomic E-state index is -3.72. The molecule has 0 atom stereocenters. The summed E-state index contributed by atoms with van der Waals surface area (Å²) in [4.78, 5) is 0.808. The molecular weight excluding hydrogens is 323 g/mol. The molecule has 0 aliphatic rings. The highest BCUT2D eigenvalue weighted by Crippen LogP contribution is 2.28. The van der Waals surface area contributed by atoms with Gasteiger partial charge in [-0.2, -0.15) is 0 Å². The van der Waals surface area contributed by atoms with Crippen molar-refractivity contribution in [3.63, 3.8) is 0 Å². The van der Waals surface area contributed by atoms with Gasteiger partial charge in [0, 0.05) is 11.4 Å². The van der Waals surface area contributed by atoms with Crippen molar-refractivity contribution in [2.45, 2.75) is 17.7 Å². The molecule has 20 heavy (non-hydrogen) atoms. The molecule has 108 valence electrons. The Balaban J connectivity index is 2.32. The zero-order chi connectivity index (χ0) is 14.9. The molecule has 2 rings (SSSR count). The number of nitrogens with two attached hydrogens (primary N) is 1. The van der Waals surface area contributed by atoms with Crippen molar-refractivity contribution < 1.29 is 12.8 Å². The van der Waals surface area contributed by atoms with E-state index in [-0.39, 0.29) is 21.5 Å². The van der Waals surface area contributed by atoms with E-state index in [4.69, 9.17) is 17.3 Å². The monoisotopic (exact) mass is 334 g/mol. The lowest BCUT2D eigenvalue weighted by Crippen LogP contribution is -2.11. The van der Waals surface area contributed by atoms with E-state index in [9.17, 15) is 12.8 Å². The average Bonchev–Trinajstić information content (AvgIpc) is 2.76. The summed E-state index contributed by atoms with van der Waals surface area (Å²) >= 11 is 6.73. The van der Waals surface area contributed by atoms with Gasteiger partial charge in [-0.3, -0.25) is 4.72 Å². The predicted octanol–water partition coefficient (Wildman–Crippen LogP) is 3.11. The molecule has 3 N–H and O–H groups in total. The van der Waals surface area contributed by atoms with E-state index in [1.165, 1.54) is 12.1 Å². The molecule has 0 amide bonds. The van der Waals surface area contributed by atoms with E-state index in [0.29, 0.717) is 0 Å². The van der Waals surface area contributed by atoms with Gasteiger partial charge < -0.3 is 5.73 Å². The molecule has 2 aromatic rings. The lowest BCUT2D eigenvalue weighted by atomic mass is 10.3. The summed E-state index contributed by atoms with van der Waals surface area (Å²) in [5.41, 5.74) is 6.57. The predicted molar refractivity (Wildman–Crippen MR) is 79.2 cm³/mol. The van der Waals surface area contributed by atoms with Crippen LogP contribution in [-0.2, 0) is 16.6 Å². The van der Waals surface area contributed by atoms with Gasteiger partial charge in [-0.15, -0.1) is 11.3 Å². The molecule has 1 aromatic heterocycles. The van der Waals surface area contributed by atoms with Crippen molar-refractivity contribution in [2.24, 2.45) is 5.73 Å². The number of benzene rings is 1. The molecular formula is C12H12ClFN2O2S2. The first kappa shape index (κ1) is 15.2. The van der Waals surface area contributed by atoms with E-state index in [1.807, 2.05) is 0 Å². The maximum absolute atomic E-state index is 13.0. The molecule has 0 bridgehead atoms. The number of sulfonamides is 1. The van der Waals surface area contributed by atoms with Gasteiger partial charge in [-0.05, 0) is 36.8 Å². The number of halogens is 2. The summed E-state index contributed by atoms with van der Waals surface area (Å²) in [6.45, 7) is 2.08. The Morgan fingerprint density at radius 3 is 2.65 bits per heavy atom. The van der Waals surface area contributed by atoms with Crippen molar-refractivity contribution in [2.75, 3.05) is 4.72 Å². The SMILES string of the molecule is Cc1cc(S(=O)(=O)Nc2ccc(F)c(Cl)c2)sc1CN. The van der Waals surface area contributed by atoms with Crippen LogP contribution in [0.15, 0.2) is 28.5 Å². The number of thiophene rings is 1. The maximum atomic E-state index is 13.0. The van der Waals surface area contributed by atoms with Gasteiger partial charge in [0.2, 0.25) is 0 Å². The number of rotatable bonds is 4. The second-order valence-corrected chi connectivity index (χ2v) is 7.56. The van der Waals surface area contributed by atoms with E-state index in [2.05, 4.69) is 4.72 Å². The zero-order valence-electron chi connectivity index (χ0n) is 10.5. The summed E-state index contributed by atoms with van der Waals surface area (Å²) in [5.74, 6) is -0.605. The molecule has 0 radical (unpaired) electrons. The highest BCUT2D eigenvalue weighted by molar-refractivity contribution is 7.94. The first-order chi connectivity index (χ1) is 9.33. The number of hydrogen-bond donors (Lipinski definition) is 2. The molecule has 0 spiro atoms. The Morgan fingerprint density at radius 2 is 2.10 bits per heavy atom. The lowest BCUT2D eigenvalue weighted by Gasteiger charge is -2.06. The largest absolute Gasteiger partial charge is 0.326 e. The van der Waals surface area contributed by atoms with Gasteiger partial charge >= 0.3 is 0 Å². The summed E-state index contributed by atoms with van der Waals surface area (Å²) in [6.07, 6.45) is 0. The smallest absolute Gasteiger partial charge is 0.271 e. The van der Waals surface area contributed by atoms with Crippen LogP contribution in [0.2, 0.25) is 5.02 Å². The van der Waals surface area contributed by atoms with Crippen LogP contribution in [0, 0.1) is 12.7 Å². The fourth-order valence-electron chi connectivity index (χ4n) is 1.59.